The second kappa shape index (κ2) is 11.4. The maximum absolute atomic E-state index is 12.8. The SMILES string of the molecule is Cc1cc(S(=O)(=O)NC(=O)N2CCC(N3CCC(Oc4ccc(Cl)c(Cl)c4)CC3)CC2)c(C)cc1Cl. The molecule has 0 aromatic heterocycles. The number of carbonyl (C=O) groups is 1. The predicted molar refractivity (Wildman–Crippen MR) is 143 cm³/mol. The number of nitrogens with one attached hydrogen (secondary N) is 1. The molecule has 11 heteroatoms. The van der Waals surface area contributed by atoms with Gasteiger partial charge in [0.15, 0.2) is 0 Å². The zero-order chi connectivity index (χ0) is 26.0. The van der Waals surface area contributed by atoms with E-state index in [-0.39, 0.29) is 11.0 Å². The molecule has 2 aliphatic heterocycles. The van der Waals surface area contributed by atoms with E-state index in [9.17, 15) is 13.2 Å². The molecule has 2 aromatic rings. The van der Waals surface area contributed by atoms with Crippen molar-refractivity contribution in [3.05, 3.63) is 56.5 Å². The van der Waals surface area contributed by atoms with E-state index >= 15 is 0 Å². The van der Waals surface area contributed by atoms with Crippen LogP contribution in [0.25, 0.3) is 0 Å². The summed E-state index contributed by atoms with van der Waals surface area (Å²) >= 11 is 18.1. The fourth-order valence-corrected chi connectivity index (χ4v) is 6.60. The first-order valence-corrected chi connectivity index (χ1v) is 14.6. The molecule has 2 aliphatic rings. The van der Waals surface area contributed by atoms with Crippen molar-refractivity contribution in [2.45, 2.75) is 56.6 Å². The third kappa shape index (κ3) is 6.40. The topological polar surface area (TPSA) is 79.0 Å². The van der Waals surface area contributed by atoms with Crippen molar-refractivity contribution in [1.29, 1.82) is 0 Å². The van der Waals surface area contributed by atoms with Crippen LogP contribution in [0.5, 0.6) is 5.75 Å². The van der Waals surface area contributed by atoms with Gasteiger partial charge in [-0.1, -0.05) is 34.8 Å². The van der Waals surface area contributed by atoms with E-state index in [1.807, 2.05) is 6.07 Å². The fraction of sp³-hybridized carbons (Fsp3) is 0.480. The van der Waals surface area contributed by atoms with Gasteiger partial charge in [0.2, 0.25) is 0 Å². The van der Waals surface area contributed by atoms with Gasteiger partial charge >= 0.3 is 6.03 Å². The van der Waals surface area contributed by atoms with Crippen LogP contribution in [0.2, 0.25) is 15.1 Å². The Morgan fingerprint density at radius 2 is 1.56 bits per heavy atom. The summed E-state index contributed by atoms with van der Waals surface area (Å²) in [4.78, 5) is 16.8. The van der Waals surface area contributed by atoms with Gasteiger partial charge in [-0.15, -0.1) is 0 Å². The summed E-state index contributed by atoms with van der Waals surface area (Å²) in [6.45, 7) is 6.22. The van der Waals surface area contributed by atoms with Crippen LogP contribution in [0.3, 0.4) is 0 Å². The molecule has 2 saturated heterocycles. The average Bonchev–Trinajstić information content (AvgIpc) is 2.84. The lowest BCUT2D eigenvalue weighted by molar-refractivity contribution is 0.0540. The van der Waals surface area contributed by atoms with E-state index in [2.05, 4.69) is 9.62 Å². The maximum atomic E-state index is 12.8. The molecule has 36 heavy (non-hydrogen) atoms. The van der Waals surface area contributed by atoms with Crippen molar-refractivity contribution in [3.8, 4) is 5.75 Å². The molecular weight excluding hydrogens is 545 g/mol. The Balaban J connectivity index is 1.25. The zero-order valence-electron chi connectivity index (χ0n) is 20.3. The highest BCUT2D eigenvalue weighted by atomic mass is 35.5. The molecule has 2 fully saturated rings. The highest BCUT2D eigenvalue weighted by molar-refractivity contribution is 7.90. The third-order valence-corrected chi connectivity index (χ3v) is 9.51. The molecule has 7 nitrogen and oxygen atoms in total. The number of rotatable bonds is 5. The van der Waals surface area contributed by atoms with Crippen LogP contribution in [0, 0.1) is 13.8 Å². The maximum Gasteiger partial charge on any atom is 0.331 e. The Hall–Kier alpha value is -1.71. The van der Waals surface area contributed by atoms with E-state index in [1.165, 1.54) is 6.07 Å². The molecule has 0 saturated carbocycles. The van der Waals surface area contributed by atoms with Crippen LogP contribution in [0.15, 0.2) is 35.2 Å². The number of carbonyl (C=O) groups excluding carboxylic acids is 1. The number of hydrogen-bond donors (Lipinski definition) is 1. The number of urea groups is 1. The average molecular weight is 575 g/mol. The first kappa shape index (κ1) is 27.3. The fourth-order valence-electron chi connectivity index (χ4n) is 4.81. The zero-order valence-corrected chi connectivity index (χ0v) is 23.4. The summed E-state index contributed by atoms with van der Waals surface area (Å²) in [5.74, 6) is 0.723. The molecule has 1 N–H and O–H groups in total. The monoisotopic (exact) mass is 573 g/mol. The van der Waals surface area contributed by atoms with Gasteiger partial charge in [0, 0.05) is 43.3 Å². The van der Waals surface area contributed by atoms with Crippen LogP contribution < -0.4 is 9.46 Å². The summed E-state index contributed by atoms with van der Waals surface area (Å²) in [5.41, 5.74) is 1.14. The van der Waals surface area contributed by atoms with Crippen molar-refractivity contribution >= 4 is 50.9 Å². The van der Waals surface area contributed by atoms with Gasteiger partial charge in [-0.25, -0.2) is 17.9 Å². The smallest absolute Gasteiger partial charge is 0.331 e. The van der Waals surface area contributed by atoms with Gasteiger partial charge in [-0.05, 0) is 74.9 Å². The predicted octanol–water partition coefficient (Wildman–Crippen LogP) is 5.67. The molecule has 0 unspecified atom stereocenters. The number of nitrogens with zero attached hydrogens (tertiary/aromatic N) is 2. The Labute approximate surface area is 227 Å². The van der Waals surface area contributed by atoms with Crippen LogP contribution in [-0.2, 0) is 10.0 Å². The second-order valence-corrected chi connectivity index (χ2v) is 12.3. The van der Waals surface area contributed by atoms with Gasteiger partial charge in [-0.3, -0.25) is 4.90 Å². The van der Waals surface area contributed by atoms with Crippen molar-refractivity contribution in [2.75, 3.05) is 26.2 Å². The number of halogens is 3. The number of amides is 2. The normalized spacial score (nSPS) is 18.3. The summed E-state index contributed by atoms with van der Waals surface area (Å²) in [5, 5.41) is 1.48. The minimum atomic E-state index is -3.99. The second-order valence-electron chi connectivity index (χ2n) is 9.42. The number of likely N-dealkylation sites (tertiary alicyclic amines) is 2. The lowest BCUT2D eigenvalue weighted by Gasteiger charge is -2.41. The lowest BCUT2D eigenvalue weighted by atomic mass is 9.99. The quantitative estimate of drug-likeness (QED) is 0.498. The standard InChI is InChI=1S/C25H30Cl3N3O4S/c1-16-14-24(17(2)13-22(16)27)36(33,34)29-25(32)31-9-5-18(6-10-31)30-11-7-19(8-12-30)35-20-3-4-21(26)23(28)15-20/h3-4,13-15,18-19H,5-12H2,1-2H3,(H,29,32). The van der Waals surface area contributed by atoms with Crippen molar-refractivity contribution in [3.63, 3.8) is 0 Å². The van der Waals surface area contributed by atoms with Crippen molar-refractivity contribution < 1.29 is 17.9 Å². The number of piperidine rings is 2. The summed E-state index contributed by atoms with van der Waals surface area (Å²) in [6.07, 6.45) is 3.52. The molecule has 2 amide bonds. The molecular formula is C25H30Cl3N3O4S. The van der Waals surface area contributed by atoms with Gasteiger partial charge in [0.05, 0.1) is 14.9 Å². The molecule has 196 valence electrons. The minimum absolute atomic E-state index is 0.0681. The Morgan fingerprint density at radius 3 is 2.19 bits per heavy atom. The Morgan fingerprint density at radius 1 is 0.889 bits per heavy atom. The first-order chi connectivity index (χ1) is 17.0. The van der Waals surface area contributed by atoms with Crippen LogP contribution in [0.1, 0.15) is 36.8 Å². The first-order valence-electron chi connectivity index (χ1n) is 12.0. The highest BCUT2D eigenvalue weighted by Crippen LogP contribution is 2.29. The van der Waals surface area contributed by atoms with Gasteiger partial charge in [0.25, 0.3) is 10.0 Å². The van der Waals surface area contributed by atoms with E-state index in [0.29, 0.717) is 45.3 Å². The van der Waals surface area contributed by atoms with E-state index in [4.69, 9.17) is 39.5 Å². The molecule has 0 atom stereocenters. The number of ether oxygens (including phenoxy) is 1. The number of hydrogen-bond acceptors (Lipinski definition) is 5. The van der Waals surface area contributed by atoms with Crippen LogP contribution >= 0.6 is 34.8 Å². The van der Waals surface area contributed by atoms with E-state index < -0.39 is 16.1 Å². The molecule has 0 radical (unpaired) electrons. The van der Waals surface area contributed by atoms with Crippen molar-refractivity contribution in [1.82, 2.24) is 14.5 Å². The van der Waals surface area contributed by atoms with E-state index in [0.717, 1.165) is 44.5 Å². The number of aryl methyl sites for hydroxylation is 2. The molecule has 0 bridgehead atoms. The van der Waals surface area contributed by atoms with Crippen LogP contribution in [-0.4, -0.2) is 62.6 Å². The van der Waals surface area contributed by atoms with Gasteiger partial charge in [-0.2, -0.15) is 0 Å². The molecule has 2 heterocycles. The molecule has 0 aliphatic carbocycles. The summed E-state index contributed by atoms with van der Waals surface area (Å²) in [6, 6.07) is 8.17. The van der Waals surface area contributed by atoms with E-state index in [1.54, 1.807) is 36.9 Å². The molecule has 2 aromatic carbocycles. The van der Waals surface area contributed by atoms with Crippen molar-refractivity contribution in [2.24, 2.45) is 0 Å². The largest absolute Gasteiger partial charge is 0.490 e. The number of benzene rings is 2. The summed E-state index contributed by atoms with van der Waals surface area (Å²) < 4.78 is 34.0. The lowest BCUT2D eigenvalue weighted by Crippen LogP contribution is -2.52. The summed E-state index contributed by atoms with van der Waals surface area (Å²) in [7, 11) is -3.99. The molecule has 0 spiro atoms. The van der Waals surface area contributed by atoms with Gasteiger partial charge in [0.1, 0.15) is 11.9 Å². The number of sulfonamides is 1. The molecule has 4 rings (SSSR count). The highest BCUT2D eigenvalue weighted by Gasteiger charge is 2.32. The Bertz CT molecular complexity index is 1230. The minimum Gasteiger partial charge on any atom is -0.490 e. The third-order valence-electron chi connectivity index (χ3n) is 6.91. The Kier molecular flexibility index (Phi) is 8.62. The van der Waals surface area contributed by atoms with Gasteiger partial charge < -0.3 is 9.64 Å². The van der Waals surface area contributed by atoms with Crippen LogP contribution in [0.4, 0.5) is 4.79 Å².